The normalized spacial score (nSPS) is 16.7. The zero-order valence-corrected chi connectivity index (χ0v) is 13.3. The number of rotatable bonds is 0. The number of benzene rings is 2. The van der Waals surface area contributed by atoms with Crippen molar-refractivity contribution in [1.29, 1.82) is 0 Å². The Balaban J connectivity index is 2.33. The summed E-state index contributed by atoms with van der Waals surface area (Å²) in [5, 5.41) is 0.448. The third kappa shape index (κ3) is 2.33. The first-order valence-electron chi connectivity index (χ1n) is 6.01. The summed E-state index contributed by atoms with van der Waals surface area (Å²) in [6, 6.07) is 11.4. The van der Waals surface area contributed by atoms with Crippen molar-refractivity contribution >= 4 is 39.3 Å². The number of fused-ring (bicyclic) bond motifs is 2. The predicted octanol–water partition coefficient (Wildman–Crippen LogP) is 3.27. The zero-order valence-electron chi connectivity index (χ0n) is 10.9. The Morgan fingerprint density at radius 3 is 2.57 bits per heavy atom. The summed E-state index contributed by atoms with van der Waals surface area (Å²) in [5.74, 6) is -0.543. The van der Waals surface area contributed by atoms with Crippen molar-refractivity contribution in [3.8, 4) is 0 Å². The van der Waals surface area contributed by atoms with Crippen LogP contribution in [0.4, 0.5) is 0 Å². The van der Waals surface area contributed by atoms with Gasteiger partial charge in [-0.05, 0) is 30.3 Å². The minimum atomic E-state index is -3.88. The highest BCUT2D eigenvalue weighted by molar-refractivity contribution is 8.00. The van der Waals surface area contributed by atoms with E-state index in [1.54, 1.807) is 30.3 Å². The number of carbonyl (C=O) groups excluding carboxylic acids is 1. The van der Waals surface area contributed by atoms with Gasteiger partial charge in [0, 0.05) is 21.9 Å². The smallest absolute Gasteiger partial charge is 0.268 e. The Bertz CT molecular complexity index is 849. The molecule has 0 radical (unpaired) electrons. The van der Waals surface area contributed by atoms with Crippen molar-refractivity contribution < 1.29 is 13.2 Å². The van der Waals surface area contributed by atoms with Crippen LogP contribution in [0.5, 0.6) is 0 Å². The fourth-order valence-corrected chi connectivity index (χ4v) is 4.90. The van der Waals surface area contributed by atoms with Gasteiger partial charge >= 0.3 is 0 Å². The van der Waals surface area contributed by atoms with Crippen molar-refractivity contribution in [1.82, 2.24) is 4.31 Å². The summed E-state index contributed by atoms with van der Waals surface area (Å²) in [5.41, 5.74) is 0.360. The van der Waals surface area contributed by atoms with Gasteiger partial charge < -0.3 is 0 Å². The Labute approximate surface area is 131 Å². The molecule has 0 atom stereocenters. The third-order valence-electron chi connectivity index (χ3n) is 3.17. The van der Waals surface area contributed by atoms with Crippen LogP contribution in [0.2, 0.25) is 5.02 Å². The van der Waals surface area contributed by atoms with Gasteiger partial charge in [0.1, 0.15) is 4.90 Å². The number of sulfonamides is 1. The van der Waals surface area contributed by atoms with E-state index in [0.29, 0.717) is 20.4 Å². The number of hydrogen-bond donors (Lipinski definition) is 0. The van der Waals surface area contributed by atoms with Crippen LogP contribution in [-0.2, 0) is 10.0 Å². The van der Waals surface area contributed by atoms with Gasteiger partial charge in [-0.15, -0.1) is 0 Å². The quantitative estimate of drug-likeness (QED) is 0.739. The van der Waals surface area contributed by atoms with E-state index in [4.69, 9.17) is 11.6 Å². The van der Waals surface area contributed by atoms with Crippen LogP contribution in [0, 0.1) is 0 Å². The maximum absolute atomic E-state index is 12.6. The van der Waals surface area contributed by atoms with Gasteiger partial charge in [-0.2, -0.15) is 0 Å². The van der Waals surface area contributed by atoms with Gasteiger partial charge in [-0.3, -0.25) is 4.79 Å². The van der Waals surface area contributed by atoms with E-state index in [-0.39, 0.29) is 4.90 Å². The van der Waals surface area contributed by atoms with E-state index in [0.717, 1.165) is 4.31 Å². The van der Waals surface area contributed by atoms with Crippen molar-refractivity contribution in [2.45, 2.75) is 14.7 Å². The summed E-state index contributed by atoms with van der Waals surface area (Å²) in [6.45, 7) is 0. The fraction of sp³-hybridized carbons (Fsp3) is 0.0714. The van der Waals surface area contributed by atoms with Crippen molar-refractivity contribution in [3.63, 3.8) is 0 Å². The maximum atomic E-state index is 12.6. The second kappa shape index (κ2) is 5.05. The summed E-state index contributed by atoms with van der Waals surface area (Å²) >= 11 is 7.20. The Morgan fingerprint density at radius 2 is 1.81 bits per heavy atom. The molecule has 108 valence electrons. The van der Waals surface area contributed by atoms with Gasteiger partial charge in [0.15, 0.2) is 0 Å². The molecule has 1 aliphatic rings. The molecular formula is C14H10ClNO3S2. The molecule has 2 aromatic rings. The lowest BCUT2D eigenvalue weighted by atomic mass is 10.2. The van der Waals surface area contributed by atoms with Crippen molar-refractivity contribution in [3.05, 3.63) is 53.1 Å². The number of amides is 1. The van der Waals surface area contributed by atoms with Gasteiger partial charge in [0.2, 0.25) is 0 Å². The van der Waals surface area contributed by atoms with E-state index in [9.17, 15) is 13.2 Å². The number of nitrogens with zero attached hydrogens (tertiary/aromatic N) is 1. The first-order valence-corrected chi connectivity index (χ1v) is 8.64. The second-order valence-corrected chi connectivity index (χ2v) is 7.92. The molecule has 0 fully saturated rings. The van der Waals surface area contributed by atoms with E-state index >= 15 is 0 Å². The lowest BCUT2D eigenvalue weighted by Gasteiger charge is -2.23. The molecule has 1 heterocycles. The molecule has 4 nitrogen and oxygen atoms in total. The average molecular weight is 340 g/mol. The minimum Gasteiger partial charge on any atom is -0.268 e. The highest BCUT2D eigenvalue weighted by Gasteiger charge is 2.32. The van der Waals surface area contributed by atoms with Crippen LogP contribution in [0.3, 0.4) is 0 Å². The standard InChI is InChI=1S/C14H10ClNO3S2/c1-16-14(17)10-4-2-3-5-11(10)20-12-8-9(15)6-7-13(12)21(16,18)19/h2-8H,1H3. The van der Waals surface area contributed by atoms with Crippen LogP contribution in [0.25, 0.3) is 0 Å². The molecule has 0 unspecified atom stereocenters. The SMILES string of the molecule is CN1C(=O)c2ccccc2Sc2cc(Cl)ccc2S1(=O)=O. The van der Waals surface area contributed by atoms with Crippen molar-refractivity contribution in [2.24, 2.45) is 0 Å². The van der Waals surface area contributed by atoms with Crippen LogP contribution in [0.1, 0.15) is 10.4 Å². The Morgan fingerprint density at radius 1 is 1.10 bits per heavy atom. The van der Waals surface area contributed by atoms with Crippen molar-refractivity contribution in [2.75, 3.05) is 7.05 Å². The second-order valence-electron chi connectivity index (χ2n) is 4.47. The molecule has 0 saturated carbocycles. The van der Waals surface area contributed by atoms with E-state index in [2.05, 4.69) is 0 Å². The topological polar surface area (TPSA) is 54.5 Å². The summed E-state index contributed by atoms with van der Waals surface area (Å²) in [7, 11) is -2.62. The molecule has 1 aliphatic heterocycles. The maximum Gasteiger partial charge on any atom is 0.268 e. The number of halogens is 1. The molecular weight excluding hydrogens is 330 g/mol. The highest BCUT2D eigenvalue weighted by Crippen LogP contribution is 2.39. The lowest BCUT2D eigenvalue weighted by molar-refractivity contribution is 0.0879. The van der Waals surface area contributed by atoms with E-state index in [1.807, 2.05) is 0 Å². The molecule has 21 heavy (non-hydrogen) atoms. The highest BCUT2D eigenvalue weighted by atomic mass is 35.5. The monoisotopic (exact) mass is 339 g/mol. The molecule has 0 aromatic heterocycles. The molecule has 3 rings (SSSR count). The van der Waals surface area contributed by atoms with Gasteiger partial charge in [0.05, 0.1) is 5.56 Å². The summed E-state index contributed by atoms with van der Waals surface area (Å²) < 4.78 is 25.9. The average Bonchev–Trinajstić information content (AvgIpc) is 2.45. The molecule has 1 amide bonds. The Kier molecular flexibility index (Phi) is 3.47. The molecule has 0 N–H and O–H groups in total. The van der Waals surface area contributed by atoms with Crippen LogP contribution in [0.15, 0.2) is 57.2 Å². The van der Waals surface area contributed by atoms with Crippen LogP contribution in [-0.4, -0.2) is 25.7 Å². The first-order chi connectivity index (χ1) is 9.91. The number of hydrogen-bond acceptors (Lipinski definition) is 4. The minimum absolute atomic E-state index is 0.0854. The van der Waals surface area contributed by atoms with Crippen LogP contribution >= 0.6 is 23.4 Å². The molecule has 0 aliphatic carbocycles. The Hall–Kier alpha value is -1.50. The summed E-state index contributed by atoms with van der Waals surface area (Å²) in [4.78, 5) is 13.7. The van der Waals surface area contributed by atoms with E-state index in [1.165, 1.54) is 30.9 Å². The summed E-state index contributed by atoms with van der Waals surface area (Å²) in [6.07, 6.45) is 0. The molecule has 0 spiro atoms. The molecule has 0 bridgehead atoms. The largest absolute Gasteiger partial charge is 0.268 e. The molecule has 0 saturated heterocycles. The lowest BCUT2D eigenvalue weighted by Crippen LogP contribution is -2.34. The fourth-order valence-electron chi connectivity index (χ4n) is 2.05. The number of carbonyl (C=O) groups is 1. The first kappa shape index (κ1) is 14.4. The van der Waals surface area contributed by atoms with Gasteiger partial charge in [-0.25, -0.2) is 12.7 Å². The predicted molar refractivity (Wildman–Crippen MR) is 81.3 cm³/mol. The van der Waals surface area contributed by atoms with Gasteiger partial charge in [-0.1, -0.05) is 35.5 Å². The zero-order chi connectivity index (χ0) is 15.2. The van der Waals surface area contributed by atoms with E-state index < -0.39 is 15.9 Å². The molecule has 7 heteroatoms. The third-order valence-corrected chi connectivity index (χ3v) is 6.46. The molecule has 2 aromatic carbocycles. The van der Waals surface area contributed by atoms with Crippen LogP contribution < -0.4 is 0 Å². The van der Waals surface area contributed by atoms with Gasteiger partial charge in [0.25, 0.3) is 15.9 Å².